The summed E-state index contributed by atoms with van der Waals surface area (Å²) in [4.78, 5) is 12.1. The molecular formula is C16H19F2N3O3S. The minimum atomic E-state index is -4.45. The van der Waals surface area contributed by atoms with Crippen LogP contribution < -0.4 is 5.14 Å². The molecule has 136 valence electrons. The Bertz CT molecular complexity index is 799. The van der Waals surface area contributed by atoms with E-state index in [0.29, 0.717) is 25.9 Å². The summed E-state index contributed by atoms with van der Waals surface area (Å²) in [6.07, 6.45) is -1.00. The number of rotatable bonds is 4. The highest BCUT2D eigenvalue weighted by Gasteiger charge is 2.36. The molecule has 0 saturated carbocycles. The fraction of sp³-hybridized carbons (Fsp3) is 0.500. The van der Waals surface area contributed by atoms with E-state index in [9.17, 15) is 27.3 Å². The molecule has 6 nitrogen and oxygen atoms in total. The first-order valence-electron chi connectivity index (χ1n) is 7.77. The number of likely N-dealkylation sites (tertiary alicyclic amines) is 1. The average Bonchev–Trinajstić information content (AvgIpc) is 2.54. The lowest BCUT2D eigenvalue weighted by Gasteiger charge is -2.34. The van der Waals surface area contributed by atoms with Gasteiger partial charge in [-0.15, -0.1) is 0 Å². The highest BCUT2D eigenvalue weighted by Crippen LogP contribution is 2.35. The number of piperidine rings is 1. The quantitative estimate of drug-likeness (QED) is 0.869. The summed E-state index contributed by atoms with van der Waals surface area (Å²) >= 11 is 0. The summed E-state index contributed by atoms with van der Waals surface area (Å²) < 4.78 is 52.3. The number of nitrogens with zero attached hydrogens (tertiary/aromatic N) is 2. The number of hydrogen-bond acceptors (Lipinski definition) is 4. The molecule has 1 aromatic carbocycles. The highest BCUT2D eigenvalue weighted by atomic mass is 32.2. The molecule has 1 saturated heterocycles. The van der Waals surface area contributed by atoms with Crippen LogP contribution in [0.5, 0.6) is 0 Å². The Kier molecular flexibility index (Phi) is 5.75. The summed E-state index contributed by atoms with van der Waals surface area (Å²) in [5.41, 5.74) is -0.272. The Morgan fingerprint density at radius 2 is 2.00 bits per heavy atom. The maximum Gasteiger partial charge on any atom is 0.241 e. The first-order chi connectivity index (χ1) is 11.7. The number of primary sulfonamides is 1. The number of alkyl halides is 1. The van der Waals surface area contributed by atoms with E-state index in [-0.39, 0.29) is 11.5 Å². The predicted octanol–water partition coefficient (Wildman–Crippen LogP) is 1.68. The van der Waals surface area contributed by atoms with Crippen LogP contribution in [0.4, 0.5) is 8.78 Å². The van der Waals surface area contributed by atoms with Crippen LogP contribution in [0.3, 0.4) is 0 Å². The standard InChI is InChI=1S/C16H19F2N3O3S/c1-10(22)21-7-5-11(6-8-21)15(18)13(9-19)12-3-2-4-14(17)16(12)25(20,23)24/h2-4,11,13,15H,5-8H2,1H3,(H2,20,23,24). The van der Waals surface area contributed by atoms with Crippen LogP contribution in [0.15, 0.2) is 23.1 Å². The van der Waals surface area contributed by atoms with Gasteiger partial charge in [-0.25, -0.2) is 22.3 Å². The molecule has 0 bridgehead atoms. The molecule has 1 heterocycles. The molecule has 9 heteroatoms. The zero-order valence-electron chi connectivity index (χ0n) is 13.7. The third-order valence-corrected chi connectivity index (χ3v) is 5.51. The van der Waals surface area contributed by atoms with Gasteiger partial charge in [0, 0.05) is 20.0 Å². The summed E-state index contributed by atoms with van der Waals surface area (Å²) in [6, 6.07) is 5.07. The van der Waals surface area contributed by atoms with Crippen LogP contribution in [-0.2, 0) is 14.8 Å². The Balaban J connectivity index is 2.31. The van der Waals surface area contributed by atoms with E-state index in [2.05, 4.69) is 0 Å². The third kappa shape index (κ3) is 4.14. The predicted molar refractivity (Wildman–Crippen MR) is 86.0 cm³/mol. The van der Waals surface area contributed by atoms with E-state index in [4.69, 9.17) is 5.14 Å². The van der Waals surface area contributed by atoms with Gasteiger partial charge in [0.25, 0.3) is 0 Å². The Hall–Kier alpha value is -2.05. The van der Waals surface area contributed by atoms with Crippen LogP contribution in [0.2, 0.25) is 0 Å². The molecule has 2 unspecified atom stereocenters. The van der Waals surface area contributed by atoms with Gasteiger partial charge in [0.05, 0.1) is 6.07 Å². The second-order valence-corrected chi connectivity index (χ2v) is 7.60. The Morgan fingerprint density at radius 3 is 2.48 bits per heavy atom. The molecule has 1 aliphatic heterocycles. The van der Waals surface area contributed by atoms with Crippen LogP contribution in [0.1, 0.15) is 31.2 Å². The maximum absolute atomic E-state index is 15.0. The first kappa shape index (κ1) is 19.3. The second kappa shape index (κ2) is 7.45. The number of amides is 1. The molecule has 25 heavy (non-hydrogen) atoms. The lowest BCUT2D eigenvalue weighted by atomic mass is 9.82. The van der Waals surface area contributed by atoms with Gasteiger partial charge < -0.3 is 4.90 Å². The highest BCUT2D eigenvalue weighted by molar-refractivity contribution is 7.89. The minimum absolute atomic E-state index is 0.104. The lowest BCUT2D eigenvalue weighted by molar-refractivity contribution is -0.130. The summed E-state index contributed by atoms with van der Waals surface area (Å²) in [5, 5.41) is 14.4. The van der Waals surface area contributed by atoms with Gasteiger partial charge in [-0.2, -0.15) is 5.26 Å². The SMILES string of the molecule is CC(=O)N1CCC(C(F)C(C#N)c2cccc(F)c2S(N)(=O)=O)CC1. The number of carbonyl (C=O) groups excluding carboxylic acids is 1. The Morgan fingerprint density at radius 1 is 1.40 bits per heavy atom. The van der Waals surface area contributed by atoms with Crippen LogP contribution in [-0.4, -0.2) is 38.5 Å². The molecule has 1 aromatic rings. The van der Waals surface area contributed by atoms with Crippen molar-refractivity contribution in [2.45, 2.75) is 36.8 Å². The zero-order chi connectivity index (χ0) is 18.8. The molecule has 2 rings (SSSR count). The molecule has 0 spiro atoms. The third-order valence-electron chi connectivity index (χ3n) is 4.51. The molecule has 0 aromatic heterocycles. The van der Waals surface area contributed by atoms with E-state index in [1.807, 2.05) is 0 Å². The van der Waals surface area contributed by atoms with Crippen molar-refractivity contribution in [3.8, 4) is 6.07 Å². The van der Waals surface area contributed by atoms with E-state index in [0.717, 1.165) is 6.07 Å². The Labute approximate surface area is 145 Å². The van der Waals surface area contributed by atoms with Crippen molar-refractivity contribution in [2.75, 3.05) is 13.1 Å². The van der Waals surface area contributed by atoms with E-state index >= 15 is 0 Å². The number of hydrogen-bond donors (Lipinski definition) is 1. The van der Waals surface area contributed by atoms with E-state index < -0.39 is 38.7 Å². The van der Waals surface area contributed by atoms with Crippen molar-refractivity contribution in [3.05, 3.63) is 29.6 Å². The van der Waals surface area contributed by atoms with Crippen molar-refractivity contribution in [2.24, 2.45) is 11.1 Å². The minimum Gasteiger partial charge on any atom is -0.343 e. The first-order valence-corrected chi connectivity index (χ1v) is 9.32. The number of benzene rings is 1. The topological polar surface area (TPSA) is 104 Å². The van der Waals surface area contributed by atoms with Gasteiger partial charge in [-0.05, 0) is 30.4 Å². The number of sulfonamides is 1. The van der Waals surface area contributed by atoms with Gasteiger partial charge in [0.2, 0.25) is 15.9 Å². The molecule has 2 atom stereocenters. The smallest absolute Gasteiger partial charge is 0.241 e. The molecule has 2 N–H and O–H groups in total. The monoisotopic (exact) mass is 371 g/mol. The molecule has 1 fully saturated rings. The van der Waals surface area contributed by atoms with E-state index in [1.54, 1.807) is 11.0 Å². The van der Waals surface area contributed by atoms with Crippen molar-refractivity contribution >= 4 is 15.9 Å². The second-order valence-electron chi connectivity index (χ2n) is 6.10. The van der Waals surface area contributed by atoms with Gasteiger partial charge in [0.15, 0.2) is 0 Å². The van der Waals surface area contributed by atoms with Crippen molar-refractivity contribution < 1.29 is 22.0 Å². The molecule has 0 radical (unpaired) electrons. The van der Waals surface area contributed by atoms with Crippen molar-refractivity contribution in [1.82, 2.24) is 4.90 Å². The van der Waals surface area contributed by atoms with Gasteiger partial charge >= 0.3 is 0 Å². The zero-order valence-corrected chi connectivity index (χ0v) is 14.5. The molecule has 1 amide bonds. The number of nitriles is 1. The van der Waals surface area contributed by atoms with Crippen molar-refractivity contribution in [1.29, 1.82) is 5.26 Å². The van der Waals surface area contributed by atoms with E-state index in [1.165, 1.54) is 19.1 Å². The fourth-order valence-electron chi connectivity index (χ4n) is 3.19. The average molecular weight is 371 g/mol. The summed E-state index contributed by atoms with van der Waals surface area (Å²) in [6.45, 7) is 2.16. The van der Waals surface area contributed by atoms with Gasteiger partial charge in [-0.3, -0.25) is 4.79 Å². The molecule has 0 aliphatic carbocycles. The normalized spacial score (nSPS) is 18.4. The van der Waals surface area contributed by atoms with Crippen molar-refractivity contribution in [3.63, 3.8) is 0 Å². The maximum atomic E-state index is 15.0. The summed E-state index contributed by atoms with van der Waals surface area (Å²) in [7, 11) is -4.45. The molecule has 1 aliphatic rings. The molecular weight excluding hydrogens is 352 g/mol. The van der Waals surface area contributed by atoms with Crippen LogP contribution >= 0.6 is 0 Å². The van der Waals surface area contributed by atoms with Crippen LogP contribution in [0, 0.1) is 23.1 Å². The summed E-state index contributed by atoms with van der Waals surface area (Å²) in [5.74, 6) is -3.21. The number of nitrogens with two attached hydrogens (primary N) is 1. The number of carbonyl (C=O) groups is 1. The van der Waals surface area contributed by atoms with Crippen LogP contribution in [0.25, 0.3) is 0 Å². The van der Waals surface area contributed by atoms with Gasteiger partial charge in [-0.1, -0.05) is 12.1 Å². The fourth-order valence-corrected chi connectivity index (χ4v) is 4.05. The van der Waals surface area contributed by atoms with Gasteiger partial charge in [0.1, 0.15) is 22.8 Å². The largest absolute Gasteiger partial charge is 0.343 e. The number of halogens is 2. The lowest BCUT2D eigenvalue weighted by Crippen LogP contribution is -2.40.